The summed E-state index contributed by atoms with van der Waals surface area (Å²) < 4.78 is 26.9. The standard InChI is InChI=1S/C14H20INO2S/c1-4-11(5-2)13-14(15)16(13)19(17,18)12-8-6-10(3)7-9-12/h6-9,11,13-14H,4-5H2,1-3H3. The number of nitrogens with zero attached hydrogens (tertiary/aromatic N) is 1. The van der Waals surface area contributed by atoms with E-state index in [0.717, 1.165) is 18.4 Å². The number of hydrogen-bond acceptors (Lipinski definition) is 2. The van der Waals surface area contributed by atoms with Crippen LogP contribution in [0.3, 0.4) is 0 Å². The Kier molecular flexibility index (Phi) is 4.57. The average molecular weight is 393 g/mol. The predicted octanol–water partition coefficient (Wildman–Crippen LogP) is 3.57. The monoisotopic (exact) mass is 393 g/mol. The SMILES string of the molecule is CCC(CC)C1C(I)N1S(=O)(=O)c1ccc(C)cc1. The van der Waals surface area contributed by atoms with Crippen LogP contribution in [-0.2, 0) is 10.0 Å². The van der Waals surface area contributed by atoms with Gasteiger partial charge in [0.15, 0.2) is 0 Å². The molecule has 0 saturated carbocycles. The lowest BCUT2D eigenvalue weighted by molar-refractivity contribution is 0.441. The highest BCUT2D eigenvalue weighted by Crippen LogP contribution is 2.45. The van der Waals surface area contributed by atoms with Gasteiger partial charge in [0, 0.05) is 0 Å². The van der Waals surface area contributed by atoms with E-state index >= 15 is 0 Å². The van der Waals surface area contributed by atoms with Gasteiger partial charge >= 0.3 is 0 Å². The van der Waals surface area contributed by atoms with Crippen molar-refractivity contribution < 1.29 is 8.42 Å². The van der Waals surface area contributed by atoms with Gasteiger partial charge in [0.2, 0.25) is 10.0 Å². The smallest absolute Gasteiger partial charge is 0.207 e. The molecule has 1 aliphatic rings. The zero-order valence-corrected chi connectivity index (χ0v) is 14.5. The lowest BCUT2D eigenvalue weighted by Gasteiger charge is -2.12. The summed E-state index contributed by atoms with van der Waals surface area (Å²) in [6.07, 6.45) is 2.06. The van der Waals surface area contributed by atoms with Crippen LogP contribution < -0.4 is 0 Å². The van der Waals surface area contributed by atoms with E-state index in [1.807, 2.05) is 19.1 Å². The molecule has 1 aromatic carbocycles. The van der Waals surface area contributed by atoms with E-state index in [1.165, 1.54) is 0 Å². The fourth-order valence-corrected chi connectivity index (χ4v) is 6.43. The molecule has 19 heavy (non-hydrogen) atoms. The summed E-state index contributed by atoms with van der Waals surface area (Å²) >= 11 is 2.25. The minimum absolute atomic E-state index is 0.105. The van der Waals surface area contributed by atoms with Crippen LogP contribution in [0, 0.1) is 12.8 Å². The van der Waals surface area contributed by atoms with Gasteiger partial charge in [0.25, 0.3) is 0 Å². The molecule has 0 radical (unpaired) electrons. The molecule has 1 aromatic rings. The highest BCUT2D eigenvalue weighted by atomic mass is 127. The van der Waals surface area contributed by atoms with E-state index in [0.29, 0.717) is 10.8 Å². The Morgan fingerprint density at radius 2 is 1.74 bits per heavy atom. The lowest BCUT2D eigenvalue weighted by Crippen LogP contribution is -2.19. The van der Waals surface area contributed by atoms with Gasteiger partial charge in [-0.2, -0.15) is 4.31 Å². The van der Waals surface area contributed by atoms with Gasteiger partial charge in [0.05, 0.1) is 15.0 Å². The molecule has 0 amide bonds. The second-order valence-electron chi connectivity index (χ2n) is 5.09. The third kappa shape index (κ3) is 2.83. The minimum Gasteiger partial charge on any atom is -0.207 e. The summed E-state index contributed by atoms with van der Waals surface area (Å²) in [5.41, 5.74) is 1.08. The van der Waals surface area contributed by atoms with Crippen LogP contribution in [0.1, 0.15) is 32.3 Å². The quantitative estimate of drug-likeness (QED) is 0.332. The van der Waals surface area contributed by atoms with E-state index in [1.54, 1.807) is 16.4 Å². The molecule has 3 atom stereocenters. The number of sulfonamides is 1. The Labute approximate surface area is 129 Å². The molecule has 1 fully saturated rings. The third-order valence-corrected chi connectivity index (χ3v) is 7.47. The van der Waals surface area contributed by atoms with E-state index in [-0.39, 0.29) is 10.1 Å². The van der Waals surface area contributed by atoms with E-state index in [4.69, 9.17) is 0 Å². The summed E-state index contributed by atoms with van der Waals surface area (Å²) in [6, 6.07) is 7.28. The molecule has 0 N–H and O–H groups in total. The molecule has 3 unspecified atom stereocenters. The van der Waals surface area contributed by atoms with E-state index in [2.05, 4.69) is 36.4 Å². The molecule has 0 spiro atoms. The number of benzene rings is 1. The van der Waals surface area contributed by atoms with Crippen molar-refractivity contribution in [1.29, 1.82) is 0 Å². The zero-order valence-electron chi connectivity index (χ0n) is 11.5. The molecular formula is C14H20INO2S. The summed E-state index contributed by atoms with van der Waals surface area (Å²) in [6.45, 7) is 6.22. The lowest BCUT2D eigenvalue weighted by atomic mass is 10.00. The highest BCUT2D eigenvalue weighted by molar-refractivity contribution is 14.1. The maximum Gasteiger partial charge on any atom is 0.244 e. The third-order valence-electron chi connectivity index (χ3n) is 3.86. The van der Waals surface area contributed by atoms with E-state index in [9.17, 15) is 8.42 Å². The van der Waals surface area contributed by atoms with Gasteiger partial charge in [0.1, 0.15) is 0 Å². The normalized spacial score (nSPS) is 26.7. The van der Waals surface area contributed by atoms with Gasteiger partial charge in [-0.25, -0.2) is 8.42 Å². The Balaban J connectivity index is 2.25. The molecule has 1 heterocycles. The summed E-state index contributed by atoms with van der Waals surface area (Å²) in [4.78, 5) is 0.410. The van der Waals surface area contributed by atoms with Gasteiger partial charge in [-0.3, -0.25) is 0 Å². The summed E-state index contributed by atoms with van der Waals surface area (Å²) in [7, 11) is -3.32. The van der Waals surface area contributed by atoms with Gasteiger partial charge in [-0.1, -0.05) is 67.0 Å². The second-order valence-corrected chi connectivity index (χ2v) is 8.21. The summed E-state index contributed by atoms with van der Waals surface area (Å²) in [5.74, 6) is 0.460. The van der Waals surface area contributed by atoms with Crippen LogP contribution in [0.15, 0.2) is 29.2 Å². The van der Waals surface area contributed by atoms with Crippen molar-refractivity contribution in [3.05, 3.63) is 29.8 Å². The molecule has 2 rings (SSSR count). The molecule has 3 nitrogen and oxygen atoms in total. The summed E-state index contributed by atoms with van der Waals surface area (Å²) in [5, 5.41) is 0. The molecule has 0 aromatic heterocycles. The molecule has 0 aliphatic carbocycles. The number of halogens is 1. The fraction of sp³-hybridized carbons (Fsp3) is 0.571. The van der Waals surface area contributed by atoms with Crippen molar-refractivity contribution in [3.63, 3.8) is 0 Å². The maximum absolute atomic E-state index is 12.6. The van der Waals surface area contributed by atoms with Crippen molar-refractivity contribution in [3.8, 4) is 0 Å². The fourth-order valence-electron chi connectivity index (χ4n) is 2.53. The first-order valence-electron chi connectivity index (χ1n) is 6.67. The first-order chi connectivity index (χ1) is 8.93. The van der Waals surface area contributed by atoms with Crippen LogP contribution in [-0.4, -0.2) is 22.8 Å². The van der Waals surface area contributed by atoms with Crippen molar-refractivity contribution in [2.24, 2.45) is 5.92 Å². The van der Waals surface area contributed by atoms with Gasteiger partial charge in [-0.15, -0.1) is 0 Å². The molecule has 5 heteroatoms. The minimum atomic E-state index is -3.32. The second kappa shape index (κ2) is 5.69. The van der Waals surface area contributed by atoms with Crippen LogP contribution in [0.4, 0.5) is 0 Å². The molecule has 1 aliphatic heterocycles. The van der Waals surface area contributed by atoms with E-state index < -0.39 is 10.0 Å². The maximum atomic E-state index is 12.6. The van der Waals surface area contributed by atoms with Crippen LogP contribution in [0.5, 0.6) is 0 Å². The highest BCUT2D eigenvalue weighted by Gasteiger charge is 2.56. The predicted molar refractivity (Wildman–Crippen MR) is 85.9 cm³/mol. The molecule has 1 saturated heterocycles. The van der Waals surface area contributed by atoms with Crippen molar-refractivity contribution in [2.45, 2.75) is 48.6 Å². The number of hydrogen-bond donors (Lipinski definition) is 0. The molecule has 106 valence electrons. The van der Waals surface area contributed by atoms with Crippen molar-refractivity contribution >= 4 is 32.6 Å². The largest absolute Gasteiger partial charge is 0.244 e. The van der Waals surface area contributed by atoms with Crippen LogP contribution in [0.2, 0.25) is 0 Å². The number of alkyl halides is 1. The Morgan fingerprint density at radius 1 is 1.21 bits per heavy atom. The number of rotatable bonds is 5. The molecular weight excluding hydrogens is 373 g/mol. The molecule has 0 bridgehead atoms. The number of aryl methyl sites for hydroxylation is 1. The topological polar surface area (TPSA) is 37.1 Å². The van der Waals surface area contributed by atoms with Crippen LogP contribution in [0.25, 0.3) is 0 Å². The Bertz CT molecular complexity index is 537. The van der Waals surface area contributed by atoms with Crippen molar-refractivity contribution in [1.82, 2.24) is 4.31 Å². The first kappa shape index (κ1) is 15.3. The Hall–Kier alpha value is -0.140. The van der Waals surface area contributed by atoms with Gasteiger partial charge in [-0.05, 0) is 25.0 Å². The Morgan fingerprint density at radius 3 is 2.21 bits per heavy atom. The van der Waals surface area contributed by atoms with Crippen molar-refractivity contribution in [2.75, 3.05) is 0 Å². The van der Waals surface area contributed by atoms with Crippen LogP contribution >= 0.6 is 22.6 Å². The zero-order chi connectivity index (χ0) is 14.2. The average Bonchev–Trinajstić information content (AvgIpc) is 3.04. The van der Waals surface area contributed by atoms with Gasteiger partial charge < -0.3 is 0 Å². The first-order valence-corrected chi connectivity index (χ1v) is 9.36.